The number of fused-ring (bicyclic) bond motifs is 1. The first-order valence-electron chi connectivity index (χ1n) is 13.7. The summed E-state index contributed by atoms with van der Waals surface area (Å²) in [7, 11) is 1.42. The molecule has 0 spiro atoms. The number of aromatic amines is 1. The molecular weight excluding hydrogens is 484 g/mol. The molecule has 38 heavy (non-hydrogen) atoms. The molecule has 0 amide bonds. The smallest absolute Gasteiger partial charge is 0.327 e. The molecule has 0 saturated carbocycles. The van der Waals surface area contributed by atoms with Gasteiger partial charge in [-0.25, -0.2) is 4.79 Å². The Bertz CT molecular complexity index is 1260. The lowest BCUT2D eigenvalue weighted by molar-refractivity contribution is -0.139. The highest BCUT2D eigenvalue weighted by Gasteiger charge is 2.20. The van der Waals surface area contributed by atoms with Crippen LogP contribution in [0.4, 0.5) is 5.82 Å². The van der Waals surface area contributed by atoms with Crippen molar-refractivity contribution >= 4 is 23.0 Å². The second-order valence-corrected chi connectivity index (χ2v) is 10.1. The van der Waals surface area contributed by atoms with Gasteiger partial charge in [0, 0.05) is 6.54 Å². The number of benzene rings is 1. The zero-order valence-corrected chi connectivity index (χ0v) is 22.6. The van der Waals surface area contributed by atoms with Crippen LogP contribution in [0.3, 0.4) is 0 Å². The van der Waals surface area contributed by atoms with E-state index in [2.05, 4.69) is 38.9 Å². The topological polar surface area (TPSA) is 128 Å². The third-order valence-corrected chi connectivity index (χ3v) is 7.26. The number of imidazole rings is 1. The summed E-state index contributed by atoms with van der Waals surface area (Å²) < 4.78 is 12.0. The lowest BCUT2D eigenvalue weighted by Crippen LogP contribution is -2.35. The number of anilines is 1. The molecule has 1 fully saturated rings. The molecule has 0 aliphatic carbocycles. The second kappa shape index (κ2) is 13.4. The number of nitrogens with two attached hydrogens (primary N) is 1. The summed E-state index contributed by atoms with van der Waals surface area (Å²) >= 11 is 0. The van der Waals surface area contributed by atoms with Gasteiger partial charge in [0.05, 0.1) is 20.1 Å². The molecule has 1 saturated heterocycles. The highest BCUT2D eigenvalue weighted by Crippen LogP contribution is 2.23. The highest BCUT2D eigenvalue weighted by atomic mass is 16.5. The molecule has 10 nitrogen and oxygen atoms in total. The van der Waals surface area contributed by atoms with Crippen LogP contribution in [-0.4, -0.2) is 63.7 Å². The highest BCUT2D eigenvalue weighted by molar-refractivity contribution is 5.81. The number of aryl methyl sites for hydroxylation is 1. The molecule has 1 aromatic carbocycles. The number of rotatable bonds is 13. The standard InChI is InChI=1S/C28H40N6O4/c1-3-4-16-38-27-31-25(29)24-26(32-27)34(28(36)30-24)13-6-5-12-33-14-10-20(11-15-33)17-21-8-7-9-22(18-21)19-23(35)37-2/h7-9,18,20H,3-6,10-17,19H2,1-2H3,(H,30,36)(H2,29,31,32). The average Bonchev–Trinajstić information content (AvgIpc) is 3.23. The van der Waals surface area contributed by atoms with Crippen LogP contribution in [-0.2, 0) is 28.9 Å². The number of likely N-dealkylation sites (tertiary alicyclic amines) is 1. The summed E-state index contributed by atoms with van der Waals surface area (Å²) in [6, 6.07) is 8.51. The molecule has 0 bridgehead atoms. The number of ether oxygens (including phenoxy) is 2. The Morgan fingerprint density at radius 3 is 2.66 bits per heavy atom. The molecule has 3 N–H and O–H groups in total. The number of unbranched alkanes of at least 4 members (excludes halogenated alkanes) is 2. The van der Waals surface area contributed by atoms with E-state index in [1.54, 1.807) is 4.57 Å². The minimum absolute atomic E-state index is 0.205. The zero-order chi connectivity index (χ0) is 26.9. The van der Waals surface area contributed by atoms with Gasteiger partial charge in [0.25, 0.3) is 0 Å². The Morgan fingerprint density at radius 1 is 1.13 bits per heavy atom. The minimum atomic E-state index is -0.219. The molecule has 3 aromatic rings. The van der Waals surface area contributed by atoms with Crippen LogP contribution < -0.4 is 16.2 Å². The monoisotopic (exact) mass is 524 g/mol. The van der Waals surface area contributed by atoms with E-state index in [1.165, 1.54) is 25.5 Å². The fraction of sp³-hybridized carbons (Fsp3) is 0.571. The Balaban J connectivity index is 1.22. The maximum absolute atomic E-state index is 12.5. The summed E-state index contributed by atoms with van der Waals surface area (Å²) in [5.41, 5.74) is 9.10. The minimum Gasteiger partial charge on any atom is -0.469 e. The van der Waals surface area contributed by atoms with Crippen LogP contribution in [0, 0.1) is 5.92 Å². The number of aromatic nitrogens is 4. The van der Waals surface area contributed by atoms with Crippen molar-refractivity contribution in [3.8, 4) is 6.01 Å². The van der Waals surface area contributed by atoms with Crippen LogP contribution in [0.1, 0.15) is 56.6 Å². The van der Waals surface area contributed by atoms with Crippen molar-refractivity contribution < 1.29 is 14.3 Å². The summed E-state index contributed by atoms with van der Waals surface area (Å²) in [5, 5.41) is 0. The van der Waals surface area contributed by atoms with Crippen molar-refractivity contribution in [2.75, 3.05) is 39.1 Å². The predicted octanol–water partition coefficient (Wildman–Crippen LogP) is 3.33. The molecule has 206 valence electrons. The van der Waals surface area contributed by atoms with E-state index in [1.807, 2.05) is 12.1 Å². The van der Waals surface area contributed by atoms with Crippen molar-refractivity contribution in [2.24, 2.45) is 5.92 Å². The Kier molecular flexibility index (Phi) is 9.75. The van der Waals surface area contributed by atoms with E-state index in [-0.39, 0.29) is 23.5 Å². The van der Waals surface area contributed by atoms with E-state index in [4.69, 9.17) is 15.2 Å². The first-order valence-corrected chi connectivity index (χ1v) is 13.7. The van der Waals surface area contributed by atoms with Gasteiger partial charge in [0.2, 0.25) is 0 Å². The van der Waals surface area contributed by atoms with Gasteiger partial charge in [0.15, 0.2) is 11.5 Å². The Hall–Kier alpha value is -3.40. The number of piperidine rings is 1. The van der Waals surface area contributed by atoms with E-state index >= 15 is 0 Å². The number of nitrogens with zero attached hydrogens (tertiary/aromatic N) is 4. The molecule has 10 heteroatoms. The second-order valence-electron chi connectivity index (χ2n) is 10.1. The third-order valence-electron chi connectivity index (χ3n) is 7.26. The molecule has 4 rings (SSSR count). The van der Waals surface area contributed by atoms with E-state index in [9.17, 15) is 9.59 Å². The number of hydrogen-bond donors (Lipinski definition) is 2. The van der Waals surface area contributed by atoms with Crippen molar-refractivity contribution in [1.29, 1.82) is 0 Å². The van der Waals surface area contributed by atoms with Crippen LogP contribution in [0.5, 0.6) is 6.01 Å². The van der Waals surface area contributed by atoms with Crippen molar-refractivity contribution in [1.82, 2.24) is 24.4 Å². The normalized spacial score (nSPS) is 14.7. The number of nitrogen functional groups attached to an aromatic ring is 1. The molecule has 0 atom stereocenters. The first-order chi connectivity index (χ1) is 18.5. The van der Waals surface area contributed by atoms with Gasteiger partial charge >= 0.3 is 17.7 Å². The van der Waals surface area contributed by atoms with Crippen LogP contribution in [0.2, 0.25) is 0 Å². The van der Waals surface area contributed by atoms with Gasteiger partial charge < -0.3 is 25.1 Å². The van der Waals surface area contributed by atoms with E-state index in [0.29, 0.717) is 36.7 Å². The van der Waals surface area contributed by atoms with Gasteiger partial charge in [-0.3, -0.25) is 9.36 Å². The molecule has 1 aliphatic rings. The van der Waals surface area contributed by atoms with Crippen LogP contribution in [0.25, 0.3) is 11.2 Å². The number of methoxy groups -OCH3 is 1. The van der Waals surface area contributed by atoms with Gasteiger partial charge in [-0.1, -0.05) is 37.6 Å². The van der Waals surface area contributed by atoms with Gasteiger partial charge in [0.1, 0.15) is 5.52 Å². The molecule has 3 heterocycles. The fourth-order valence-corrected chi connectivity index (χ4v) is 5.07. The number of esters is 1. The average molecular weight is 525 g/mol. The van der Waals surface area contributed by atoms with Gasteiger partial charge in [-0.15, -0.1) is 0 Å². The van der Waals surface area contributed by atoms with Crippen molar-refractivity contribution in [3.63, 3.8) is 0 Å². The van der Waals surface area contributed by atoms with Crippen molar-refractivity contribution in [3.05, 3.63) is 45.9 Å². The summed E-state index contributed by atoms with van der Waals surface area (Å²) in [6.45, 7) is 6.37. The summed E-state index contributed by atoms with van der Waals surface area (Å²) in [5.74, 6) is 0.683. The quantitative estimate of drug-likeness (QED) is 0.257. The predicted molar refractivity (Wildman–Crippen MR) is 147 cm³/mol. The lowest BCUT2D eigenvalue weighted by atomic mass is 9.89. The summed E-state index contributed by atoms with van der Waals surface area (Å²) in [4.78, 5) is 38.0. The van der Waals surface area contributed by atoms with E-state index in [0.717, 1.165) is 57.3 Å². The number of hydrogen-bond acceptors (Lipinski definition) is 8. The number of nitrogens with one attached hydrogen (secondary N) is 1. The lowest BCUT2D eigenvalue weighted by Gasteiger charge is -2.32. The zero-order valence-electron chi connectivity index (χ0n) is 22.6. The third kappa shape index (κ3) is 7.34. The SMILES string of the molecule is CCCCOc1nc(N)c2[nH]c(=O)n(CCCCN3CCC(Cc4cccc(CC(=O)OC)c4)CC3)c2n1. The summed E-state index contributed by atoms with van der Waals surface area (Å²) in [6.07, 6.45) is 7.48. The molecule has 0 radical (unpaired) electrons. The molecule has 1 aliphatic heterocycles. The largest absolute Gasteiger partial charge is 0.469 e. The van der Waals surface area contributed by atoms with Crippen LogP contribution >= 0.6 is 0 Å². The van der Waals surface area contributed by atoms with E-state index < -0.39 is 0 Å². The maximum Gasteiger partial charge on any atom is 0.327 e. The number of carbonyl (C=O) groups excluding carboxylic acids is 1. The van der Waals surface area contributed by atoms with Crippen molar-refractivity contribution in [2.45, 2.75) is 64.8 Å². The first kappa shape index (κ1) is 27.6. The fourth-order valence-electron chi connectivity index (χ4n) is 5.07. The maximum atomic E-state index is 12.5. The Morgan fingerprint density at radius 2 is 1.89 bits per heavy atom. The molecular formula is C28H40N6O4. The molecule has 2 aromatic heterocycles. The molecule has 0 unspecified atom stereocenters. The van der Waals surface area contributed by atoms with Gasteiger partial charge in [-0.05, 0) is 75.2 Å². The Labute approximate surface area is 223 Å². The van der Waals surface area contributed by atoms with Crippen LogP contribution in [0.15, 0.2) is 29.1 Å². The van der Waals surface area contributed by atoms with Gasteiger partial charge in [-0.2, -0.15) is 9.97 Å². The number of H-pyrrole nitrogens is 1. The number of carbonyl (C=O) groups is 1.